The molecule has 0 aliphatic heterocycles. The molecule has 0 bridgehead atoms. The predicted molar refractivity (Wildman–Crippen MR) is 80.4 cm³/mol. The Hall–Kier alpha value is -3.22. The Morgan fingerprint density at radius 1 is 1.22 bits per heavy atom. The van der Waals surface area contributed by atoms with Gasteiger partial charge in [-0.3, -0.25) is 9.78 Å². The van der Waals surface area contributed by atoms with E-state index in [0.717, 1.165) is 5.56 Å². The number of esters is 1. The molecule has 116 valence electrons. The maximum absolute atomic E-state index is 12.0. The third kappa shape index (κ3) is 3.52. The first-order valence-electron chi connectivity index (χ1n) is 6.89. The fourth-order valence-corrected chi connectivity index (χ4v) is 2.01. The van der Waals surface area contributed by atoms with Crippen LogP contribution in [0.25, 0.3) is 11.1 Å². The smallest absolute Gasteiger partial charge is 0.340 e. The highest BCUT2D eigenvalue weighted by Crippen LogP contribution is 2.17. The van der Waals surface area contributed by atoms with Crippen molar-refractivity contribution in [3.8, 4) is 0 Å². The molecule has 0 radical (unpaired) electrons. The number of nitrogens with one attached hydrogen (secondary N) is 1. The van der Waals surface area contributed by atoms with E-state index >= 15 is 0 Å². The van der Waals surface area contributed by atoms with Crippen molar-refractivity contribution in [2.45, 2.75) is 6.54 Å². The molecule has 7 heteroatoms. The molecule has 3 rings (SSSR count). The first kappa shape index (κ1) is 14.7. The summed E-state index contributed by atoms with van der Waals surface area (Å²) in [5.74, 6) is -1.02. The molecule has 23 heavy (non-hydrogen) atoms. The highest BCUT2D eigenvalue weighted by molar-refractivity contribution is 6.01. The number of para-hydroxylation sites is 1. The van der Waals surface area contributed by atoms with Crippen molar-refractivity contribution in [1.82, 2.24) is 15.3 Å². The van der Waals surface area contributed by atoms with Crippen LogP contribution in [0.15, 0.2) is 53.5 Å². The minimum atomic E-state index is -0.624. The normalized spacial score (nSPS) is 10.4. The summed E-state index contributed by atoms with van der Waals surface area (Å²) in [5.41, 5.74) is 2.02. The van der Waals surface area contributed by atoms with Crippen molar-refractivity contribution >= 4 is 23.0 Å². The monoisotopic (exact) mass is 311 g/mol. The molecule has 1 N–H and O–H groups in total. The molecule has 0 fully saturated rings. The van der Waals surface area contributed by atoms with Crippen LogP contribution in [0.1, 0.15) is 15.9 Å². The number of hydrogen-bond acceptors (Lipinski definition) is 6. The van der Waals surface area contributed by atoms with Gasteiger partial charge in [0.15, 0.2) is 18.6 Å². The zero-order valence-corrected chi connectivity index (χ0v) is 12.1. The zero-order chi connectivity index (χ0) is 16.1. The van der Waals surface area contributed by atoms with Crippen LogP contribution in [-0.4, -0.2) is 28.5 Å². The van der Waals surface area contributed by atoms with E-state index < -0.39 is 11.9 Å². The lowest BCUT2D eigenvalue weighted by atomic mass is 10.2. The number of hydrogen-bond donors (Lipinski definition) is 1. The van der Waals surface area contributed by atoms with Crippen LogP contribution in [0.2, 0.25) is 0 Å². The van der Waals surface area contributed by atoms with Crippen LogP contribution >= 0.6 is 0 Å². The van der Waals surface area contributed by atoms with E-state index in [-0.39, 0.29) is 12.2 Å². The number of benzene rings is 1. The molecule has 0 unspecified atom stereocenters. The average Bonchev–Trinajstić information content (AvgIpc) is 3.07. The van der Waals surface area contributed by atoms with Gasteiger partial charge in [-0.15, -0.1) is 0 Å². The van der Waals surface area contributed by atoms with Gasteiger partial charge in [0.25, 0.3) is 5.91 Å². The zero-order valence-electron chi connectivity index (χ0n) is 12.1. The minimum Gasteiger partial charge on any atom is -0.452 e. The van der Waals surface area contributed by atoms with E-state index in [1.807, 2.05) is 6.07 Å². The largest absolute Gasteiger partial charge is 0.452 e. The van der Waals surface area contributed by atoms with Crippen LogP contribution in [0, 0.1) is 0 Å². The summed E-state index contributed by atoms with van der Waals surface area (Å²) in [6.45, 7) is -0.0452. The Morgan fingerprint density at radius 3 is 2.96 bits per heavy atom. The fourth-order valence-electron chi connectivity index (χ4n) is 2.01. The standard InChI is InChI=1S/C16H13N3O4/c20-14(18-8-11-3-2-6-17-7-11)9-22-16(21)12-4-1-5-13-15(12)19-10-23-13/h1-7,10H,8-9H2,(H,18,20). The number of aromatic nitrogens is 2. The number of carbonyl (C=O) groups excluding carboxylic acids is 2. The Balaban J connectivity index is 1.54. The van der Waals surface area contributed by atoms with E-state index in [1.165, 1.54) is 6.39 Å². The number of ether oxygens (including phenoxy) is 1. The molecular weight excluding hydrogens is 298 g/mol. The van der Waals surface area contributed by atoms with E-state index in [2.05, 4.69) is 15.3 Å². The number of oxazole rings is 1. The van der Waals surface area contributed by atoms with Crippen molar-refractivity contribution in [3.05, 3.63) is 60.2 Å². The summed E-state index contributed by atoms with van der Waals surface area (Å²) in [7, 11) is 0. The van der Waals surface area contributed by atoms with Crippen molar-refractivity contribution in [2.24, 2.45) is 0 Å². The molecule has 2 heterocycles. The van der Waals surface area contributed by atoms with Crippen molar-refractivity contribution in [1.29, 1.82) is 0 Å². The van der Waals surface area contributed by atoms with Gasteiger partial charge in [-0.2, -0.15) is 0 Å². The van der Waals surface area contributed by atoms with Gasteiger partial charge in [0.1, 0.15) is 5.52 Å². The molecule has 0 aliphatic rings. The molecule has 3 aromatic rings. The van der Waals surface area contributed by atoms with Crippen LogP contribution < -0.4 is 5.32 Å². The van der Waals surface area contributed by atoms with Crippen molar-refractivity contribution in [2.75, 3.05) is 6.61 Å². The Bertz CT molecular complexity index is 829. The molecule has 2 aromatic heterocycles. The maximum Gasteiger partial charge on any atom is 0.340 e. The highest BCUT2D eigenvalue weighted by atomic mass is 16.5. The lowest BCUT2D eigenvalue weighted by molar-refractivity contribution is -0.124. The number of carbonyl (C=O) groups is 2. The number of nitrogens with zero attached hydrogens (tertiary/aromatic N) is 2. The molecule has 7 nitrogen and oxygen atoms in total. The van der Waals surface area contributed by atoms with Gasteiger partial charge in [-0.05, 0) is 23.8 Å². The lowest BCUT2D eigenvalue weighted by Crippen LogP contribution is -2.28. The molecule has 1 aromatic carbocycles. The Morgan fingerprint density at radius 2 is 2.13 bits per heavy atom. The second-order valence-corrected chi connectivity index (χ2v) is 4.72. The summed E-state index contributed by atoms with van der Waals surface area (Å²) in [4.78, 5) is 31.7. The topological polar surface area (TPSA) is 94.3 Å². The first-order valence-corrected chi connectivity index (χ1v) is 6.89. The van der Waals surface area contributed by atoms with Gasteiger partial charge >= 0.3 is 5.97 Å². The predicted octanol–water partition coefficient (Wildman–Crippen LogP) is 1.70. The van der Waals surface area contributed by atoms with Crippen molar-refractivity contribution in [3.63, 3.8) is 0 Å². The number of amides is 1. The average molecular weight is 311 g/mol. The van der Waals surface area contributed by atoms with E-state index in [0.29, 0.717) is 17.6 Å². The first-order chi connectivity index (χ1) is 11.2. The lowest BCUT2D eigenvalue weighted by Gasteiger charge is -2.06. The Kier molecular flexibility index (Phi) is 4.28. The van der Waals surface area contributed by atoms with E-state index in [4.69, 9.17) is 9.15 Å². The quantitative estimate of drug-likeness (QED) is 0.721. The van der Waals surface area contributed by atoms with Gasteiger partial charge in [0.2, 0.25) is 0 Å². The van der Waals surface area contributed by atoms with Crippen LogP contribution in [0.3, 0.4) is 0 Å². The summed E-state index contributed by atoms with van der Waals surface area (Å²) in [6, 6.07) is 8.54. The minimum absolute atomic E-state index is 0.260. The molecule has 0 saturated carbocycles. The van der Waals surface area contributed by atoms with Gasteiger partial charge in [0, 0.05) is 18.9 Å². The van der Waals surface area contributed by atoms with Crippen LogP contribution in [0.4, 0.5) is 0 Å². The fraction of sp³-hybridized carbons (Fsp3) is 0.125. The van der Waals surface area contributed by atoms with Gasteiger partial charge in [-0.25, -0.2) is 9.78 Å². The number of pyridine rings is 1. The van der Waals surface area contributed by atoms with E-state index in [1.54, 1.807) is 36.7 Å². The van der Waals surface area contributed by atoms with Crippen LogP contribution in [-0.2, 0) is 16.1 Å². The maximum atomic E-state index is 12.0. The Labute approximate surface area is 131 Å². The molecule has 0 aliphatic carbocycles. The third-order valence-electron chi connectivity index (χ3n) is 3.13. The summed E-state index contributed by atoms with van der Waals surface area (Å²) in [5, 5.41) is 2.65. The van der Waals surface area contributed by atoms with Gasteiger partial charge in [0.05, 0.1) is 5.56 Å². The molecular formula is C16H13N3O4. The second kappa shape index (κ2) is 6.69. The van der Waals surface area contributed by atoms with E-state index in [9.17, 15) is 9.59 Å². The third-order valence-corrected chi connectivity index (χ3v) is 3.13. The summed E-state index contributed by atoms with van der Waals surface area (Å²) in [6.07, 6.45) is 4.55. The van der Waals surface area contributed by atoms with Crippen LogP contribution in [0.5, 0.6) is 0 Å². The second-order valence-electron chi connectivity index (χ2n) is 4.72. The molecule has 0 saturated heterocycles. The summed E-state index contributed by atoms with van der Waals surface area (Å²) < 4.78 is 10.1. The molecule has 1 amide bonds. The van der Waals surface area contributed by atoms with Crippen molar-refractivity contribution < 1.29 is 18.7 Å². The van der Waals surface area contributed by atoms with Gasteiger partial charge < -0.3 is 14.5 Å². The molecule has 0 atom stereocenters. The highest BCUT2D eigenvalue weighted by Gasteiger charge is 2.15. The number of rotatable bonds is 5. The SMILES string of the molecule is O=C(COC(=O)c1cccc2ocnc12)NCc1cccnc1. The van der Waals surface area contributed by atoms with Gasteiger partial charge in [-0.1, -0.05) is 12.1 Å². The number of fused-ring (bicyclic) bond motifs is 1. The summed E-state index contributed by atoms with van der Waals surface area (Å²) >= 11 is 0. The molecule has 0 spiro atoms.